The summed E-state index contributed by atoms with van der Waals surface area (Å²) in [5.41, 5.74) is 6.37. The quantitative estimate of drug-likeness (QED) is 0.794. The molecule has 1 aromatic rings. The number of rotatable bonds is 4. The number of hydrogen-bond donors (Lipinski definition) is 2. The van der Waals surface area contributed by atoms with E-state index in [1.165, 1.54) is 17.0 Å². The van der Waals surface area contributed by atoms with Crippen LogP contribution in [0.3, 0.4) is 0 Å². The minimum Gasteiger partial charge on any atom is -0.399 e. The van der Waals surface area contributed by atoms with E-state index >= 15 is 0 Å². The molecule has 3 N–H and O–H groups in total. The normalized spacial score (nSPS) is 14.6. The number of anilines is 1. The Labute approximate surface area is 105 Å². The molecule has 5 heteroatoms. The molecule has 4 nitrogen and oxygen atoms in total. The highest BCUT2D eigenvalue weighted by molar-refractivity contribution is 5.96. The van der Waals surface area contributed by atoms with Gasteiger partial charge < -0.3 is 15.7 Å². The summed E-state index contributed by atoms with van der Waals surface area (Å²) in [6.45, 7) is 1.69. The Bertz CT molecular complexity index is 472. The first-order chi connectivity index (χ1) is 8.54. The number of aliphatic hydroxyl groups is 1. The van der Waals surface area contributed by atoms with Gasteiger partial charge in [-0.1, -0.05) is 0 Å². The van der Waals surface area contributed by atoms with E-state index in [1.54, 1.807) is 6.92 Å². The molecule has 1 aromatic carbocycles. The average molecular weight is 252 g/mol. The zero-order valence-corrected chi connectivity index (χ0v) is 10.3. The Morgan fingerprint density at radius 2 is 2.22 bits per heavy atom. The number of nitrogens with two attached hydrogens (primary N) is 1. The minimum atomic E-state index is -0.530. The van der Waals surface area contributed by atoms with Crippen molar-refractivity contribution in [1.29, 1.82) is 0 Å². The van der Waals surface area contributed by atoms with Crippen molar-refractivity contribution in [2.45, 2.75) is 25.8 Å². The molecule has 0 heterocycles. The van der Waals surface area contributed by atoms with Crippen LogP contribution < -0.4 is 5.73 Å². The van der Waals surface area contributed by atoms with Crippen molar-refractivity contribution in [3.8, 4) is 0 Å². The second-order valence-electron chi connectivity index (χ2n) is 4.65. The molecular weight excluding hydrogens is 235 g/mol. The molecule has 1 fully saturated rings. The number of carbonyl (C=O) groups is 1. The van der Waals surface area contributed by atoms with E-state index in [1.807, 2.05) is 0 Å². The van der Waals surface area contributed by atoms with Crippen LogP contribution in [0.15, 0.2) is 12.1 Å². The molecule has 0 saturated heterocycles. The highest BCUT2D eigenvalue weighted by atomic mass is 19.1. The predicted octanol–water partition coefficient (Wildman–Crippen LogP) is 1.31. The van der Waals surface area contributed by atoms with Crippen LogP contribution in [-0.4, -0.2) is 35.1 Å². The summed E-state index contributed by atoms with van der Waals surface area (Å²) < 4.78 is 14.0. The third-order valence-electron chi connectivity index (χ3n) is 3.10. The number of halogens is 1. The number of carbonyl (C=O) groups excluding carboxylic acids is 1. The second-order valence-corrected chi connectivity index (χ2v) is 4.65. The van der Waals surface area contributed by atoms with Crippen LogP contribution in [0.2, 0.25) is 0 Å². The van der Waals surface area contributed by atoms with Crippen molar-refractivity contribution in [1.82, 2.24) is 4.90 Å². The predicted molar refractivity (Wildman–Crippen MR) is 66.7 cm³/mol. The van der Waals surface area contributed by atoms with E-state index in [0.29, 0.717) is 11.3 Å². The molecule has 1 aliphatic rings. The molecule has 0 aliphatic heterocycles. The number of nitrogens with zero attached hydrogens (tertiary/aromatic N) is 1. The molecule has 0 unspecified atom stereocenters. The fraction of sp³-hybridized carbons (Fsp3) is 0.462. The van der Waals surface area contributed by atoms with Crippen LogP contribution in [-0.2, 0) is 0 Å². The van der Waals surface area contributed by atoms with E-state index in [4.69, 9.17) is 10.8 Å². The van der Waals surface area contributed by atoms with E-state index < -0.39 is 5.82 Å². The van der Waals surface area contributed by atoms with Gasteiger partial charge in [0.25, 0.3) is 5.91 Å². The summed E-state index contributed by atoms with van der Waals surface area (Å²) in [5, 5.41) is 8.98. The monoisotopic (exact) mass is 252 g/mol. The molecule has 0 radical (unpaired) electrons. The minimum absolute atomic E-state index is 0.00662. The van der Waals surface area contributed by atoms with Gasteiger partial charge in [0.05, 0.1) is 12.2 Å². The highest BCUT2D eigenvalue weighted by Gasteiger charge is 2.33. The van der Waals surface area contributed by atoms with Crippen LogP contribution >= 0.6 is 0 Å². The van der Waals surface area contributed by atoms with Crippen molar-refractivity contribution in [3.05, 3.63) is 29.1 Å². The van der Waals surface area contributed by atoms with Gasteiger partial charge in [-0.15, -0.1) is 0 Å². The number of nitrogen functional groups attached to an aromatic ring is 1. The first-order valence-corrected chi connectivity index (χ1v) is 6.02. The standard InChI is InChI=1S/C13H17FN2O2/c1-8-6-9(15)7-11(12(8)14)13(18)16(4-5-17)10-2-3-10/h6-7,10,17H,2-5,15H2,1H3. The lowest BCUT2D eigenvalue weighted by Gasteiger charge is -2.22. The van der Waals surface area contributed by atoms with Gasteiger partial charge in [-0.05, 0) is 37.5 Å². The van der Waals surface area contributed by atoms with Crippen LogP contribution in [0, 0.1) is 12.7 Å². The van der Waals surface area contributed by atoms with Gasteiger partial charge >= 0.3 is 0 Å². The van der Waals surface area contributed by atoms with Crippen LogP contribution in [0.1, 0.15) is 28.8 Å². The summed E-state index contributed by atoms with van der Waals surface area (Å²) in [4.78, 5) is 13.8. The van der Waals surface area contributed by atoms with Gasteiger partial charge in [-0.25, -0.2) is 4.39 Å². The van der Waals surface area contributed by atoms with Gasteiger partial charge in [0.1, 0.15) is 5.82 Å². The van der Waals surface area contributed by atoms with Crippen LogP contribution in [0.5, 0.6) is 0 Å². The SMILES string of the molecule is Cc1cc(N)cc(C(=O)N(CCO)C2CC2)c1F. The number of benzene rings is 1. The fourth-order valence-electron chi connectivity index (χ4n) is 2.05. The molecule has 0 atom stereocenters. The number of aliphatic hydroxyl groups excluding tert-OH is 1. The maximum Gasteiger partial charge on any atom is 0.257 e. The lowest BCUT2D eigenvalue weighted by Crippen LogP contribution is -2.36. The average Bonchev–Trinajstić information content (AvgIpc) is 3.14. The van der Waals surface area contributed by atoms with Gasteiger partial charge in [0.2, 0.25) is 0 Å². The molecule has 1 saturated carbocycles. The Hall–Kier alpha value is -1.62. The summed E-state index contributed by atoms with van der Waals surface area (Å²) in [5.74, 6) is -0.919. The number of hydrogen-bond acceptors (Lipinski definition) is 3. The first kappa shape index (κ1) is 12.8. The van der Waals surface area contributed by atoms with Gasteiger partial charge in [-0.3, -0.25) is 4.79 Å². The molecule has 1 aliphatic carbocycles. The largest absolute Gasteiger partial charge is 0.399 e. The molecule has 0 bridgehead atoms. The zero-order valence-electron chi connectivity index (χ0n) is 10.3. The molecule has 1 amide bonds. The lowest BCUT2D eigenvalue weighted by molar-refractivity contribution is 0.0703. The fourth-order valence-corrected chi connectivity index (χ4v) is 2.05. The molecule has 2 rings (SSSR count). The number of aryl methyl sites for hydroxylation is 1. The van der Waals surface area contributed by atoms with Crippen molar-refractivity contribution in [2.75, 3.05) is 18.9 Å². The van der Waals surface area contributed by atoms with Crippen LogP contribution in [0.25, 0.3) is 0 Å². The summed E-state index contributed by atoms with van der Waals surface area (Å²) in [7, 11) is 0. The van der Waals surface area contributed by atoms with Crippen molar-refractivity contribution >= 4 is 11.6 Å². The maximum atomic E-state index is 14.0. The van der Waals surface area contributed by atoms with E-state index in [0.717, 1.165) is 12.8 Å². The first-order valence-electron chi connectivity index (χ1n) is 6.02. The Morgan fingerprint density at radius 3 is 2.78 bits per heavy atom. The zero-order chi connectivity index (χ0) is 13.3. The smallest absolute Gasteiger partial charge is 0.257 e. The third-order valence-corrected chi connectivity index (χ3v) is 3.10. The summed E-state index contributed by atoms with van der Waals surface area (Å²) in [6, 6.07) is 2.99. The van der Waals surface area contributed by atoms with Crippen molar-refractivity contribution in [2.24, 2.45) is 0 Å². The van der Waals surface area contributed by atoms with Gasteiger partial charge in [0, 0.05) is 18.3 Å². The molecule has 18 heavy (non-hydrogen) atoms. The van der Waals surface area contributed by atoms with Crippen molar-refractivity contribution < 1.29 is 14.3 Å². The Kier molecular flexibility index (Phi) is 3.52. The molecule has 0 spiro atoms. The summed E-state index contributed by atoms with van der Waals surface area (Å²) in [6.07, 6.45) is 1.82. The molecule has 0 aromatic heterocycles. The number of amides is 1. The van der Waals surface area contributed by atoms with Gasteiger partial charge in [-0.2, -0.15) is 0 Å². The summed E-state index contributed by atoms with van der Waals surface area (Å²) >= 11 is 0. The molecular formula is C13H17FN2O2. The Balaban J connectivity index is 2.31. The third kappa shape index (κ3) is 2.46. The van der Waals surface area contributed by atoms with Crippen LogP contribution in [0.4, 0.5) is 10.1 Å². The molecule has 98 valence electrons. The van der Waals surface area contributed by atoms with Crippen molar-refractivity contribution in [3.63, 3.8) is 0 Å². The van der Waals surface area contributed by atoms with E-state index in [2.05, 4.69) is 0 Å². The Morgan fingerprint density at radius 1 is 1.56 bits per heavy atom. The topological polar surface area (TPSA) is 66.6 Å². The maximum absolute atomic E-state index is 14.0. The second kappa shape index (κ2) is 4.94. The lowest BCUT2D eigenvalue weighted by atomic mass is 10.1. The van der Waals surface area contributed by atoms with Gasteiger partial charge in [0.15, 0.2) is 0 Å². The highest BCUT2D eigenvalue weighted by Crippen LogP contribution is 2.29. The van der Waals surface area contributed by atoms with E-state index in [-0.39, 0.29) is 30.7 Å². The van der Waals surface area contributed by atoms with E-state index in [9.17, 15) is 9.18 Å².